The summed E-state index contributed by atoms with van der Waals surface area (Å²) in [5.41, 5.74) is 2.85. The van der Waals surface area contributed by atoms with Crippen LogP contribution >= 0.6 is 11.6 Å². The molecular weight excluding hydrogens is 425 g/mol. The zero-order valence-corrected chi connectivity index (χ0v) is 18.9. The Hall–Kier alpha value is -2.76. The highest BCUT2D eigenvalue weighted by molar-refractivity contribution is 6.30. The second kappa shape index (κ2) is 10.2. The zero-order chi connectivity index (χ0) is 22.5. The summed E-state index contributed by atoms with van der Waals surface area (Å²) < 4.78 is 13.5. The van der Waals surface area contributed by atoms with E-state index in [9.17, 15) is 9.18 Å². The van der Waals surface area contributed by atoms with Gasteiger partial charge in [-0.25, -0.2) is 4.39 Å². The molecule has 166 valence electrons. The van der Waals surface area contributed by atoms with Gasteiger partial charge in [0.15, 0.2) is 0 Å². The lowest BCUT2D eigenvalue weighted by atomic mass is 9.93. The Morgan fingerprint density at radius 2 is 1.78 bits per heavy atom. The SMILES string of the molecule is CN(C(=O)C1CCN(Cc2ccc(Cl)cc2)CC1)C(c1ccc(F)cc1)c1ccccn1. The van der Waals surface area contributed by atoms with Gasteiger partial charge in [-0.05, 0) is 73.5 Å². The molecule has 0 spiro atoms. The van der Waals surface area contributed by atoms with E-state index in [0.29, 0.717) is 0 Å². The zero-order valence-electron chi connectivity index (χ0n) is 18.1. The minimum Gasteiger partial charge on any atom is -0.333 e. The smallest absolute Gasteiger partial charge is 0.226 e. The third-order valence-electron chi connectivity index (χ3n) is 6.14. The Morgan fingerprint density at radius 3 is 2.41 bits per heavy atom. The average molecular weight is 452 g/mol. The van der Waals surface area contributed by atoms with Gasteiger partial charge in [0, 0.05) is 30.7 Å². The third kappa shape index (κ3) is 5.34. The fourth-order valence-electron chi connectivity index (χ4n) is 4.38. The first-order valence-electron chi connectivity index (χ1n) is 10.9. The Bertz CT molecular complexity index is 1020. The average Bonchev–Trinajstić information content (AvgIpc) is 2.82. The molecule has 0 saturated carbocycles. The molecule has 0 N–H and O–H groups in total. The lowest BCUT2D eigenvalue weighted by Crippen LogP contribution is -2.42. The summed E-state index contributed by atoms with van der Waals surface area (Å²) in [6.07, 6.45) is 3.35. The maximum atomic E-state index is 13.5. The number of piperidine rings is 1. The van der Waals surface area contributed by atoms with E-state index in [4.69, 9.17) is 11.6 Å². The lowest BCUT2D eigenvalue weighted by molar-refractivity contribution is -0.137. The monoisotopic (exact) mass is 451 g/mol. The summed E-state index contributed by atoms with van der Waals surface area (Å²) in [4.78, 5) is 22.1. The number of amides is 1. The van der Waals surface area contributed by atoms with Crippen molar-refractivity contribution in [1.82, 2.24) is 14.8 Å². The van der Waals surface area contributed by atoms with Gasteiger partial charge in [-0.15, -0.1) is 0 Å². The van der Waals surface area contributed by atoms with Crippen molar-refractivity contribution in [2.45, 2.75) is 25.4 Å². The van der Waals surface area contributed by atoms with E-state index in [1.807, 2.05) is 49.5 Å². The predicted octanol–water partition coefficient (Wildman–Crippen LogP) is 5.33. The van der Waals surface area contributed by atoms with Crippen LogP contribution < -0.4 is 0 Å². The number of carbonyl (C=O) groups is 1. The highest BCUT2D eigenvalue weighted by atomic mass is 35.5. The quantitative estimate of drug-likeness (QED) is 0.508. The first-order chi connectivity index (χ1) is 15.5. The lowest BCUT2D eigenvalue weighted by Gasteiger charge is -2.36. The molecule has 1 atom stereocenters. The molecule has 4 rings (SSSR count). The van der Waals surface area contributed by atoms with Crippen LogP contribution in [0.25, 0.3) is 0 Å². The van der Waals surface area contributed by atoms with Crippen LogP contribution in [0.5, 0.6) is 0 Å². The van der Waals surface area contributed by atoms with Crippen LogP contribution in [0.4, 0.5) is 4.39 Å². The minimum atomic E-state index is -0.351. The summed E-state index contributed by atoms with van der Waals surface area (Å²) in [5, 5.41) is 0.740. The summed E-state index contributed by atoms with van der Waals surface area (Å²) >= 11 is 5.98. The highest BCUT2D eigenvalue weighted by Gasteiger charge is 2.32. The number of likely N-dealkylation sites (tertiary alicyclic amines) is 1. The van der Waals surface area contributed by atoms with E-state index in [2.05, 4.69) is 9.88 Å². The van der Waals surface area contributed by atoms with Gasteiger partial charge >= 0.3 is 0 Å². The molecule has 2 heterocycles. The normalized spacial score (nSPS) is 16.0. The Morgan fingerprint density at radius 1 is 1.09 bits per heavy atom. The van der Waals surface area contributed by atoms with Crippen LogP contribution in [0, 0.1) is 11.7 Å². The maximum absolute atomic E-state index is 13.5. The van der Waals surface area contributed by atoms with Crippen molar-refractivity contribution >= 4 is 17.5 Å². The molecule has 32 heavy (non-hydrogen) atoms. The van der Waals surface area contributed by atoms with Crippen molar-refractivity contribution in [3.8, 4) is 0 Å². The van der Waals surface area contributed by atoms with Crippen molar-refractivity contribution in [2.75, 3.05) is 20.1 Å². The molecule has 0 bridgehead atoms. The molecule has 2 aromatic carbocycles. The molecule has 0 radical (unpaired) electrons. The fourth-order valence-corrected chi connectivity index (χ4v) is 4.50. The Labute approximate surface area is 193 Å². The number of halogens is 2. The molecule has 6 heteroatoms. The van der Waals surface area contributed by atoms with Crippen LogP contribution in [-0.4, -0.2) is 40.8 Å². The van der Waals surface area contributed by atoms with E-state index in [1.165, 1.54) is 17.7 Å². The molecule has 0 aliphatic carbocycles. The van der Waals surface area contributed by atoms with E-state index >= 15 is 0 Å². The van der Waals surface area contributed by atoms with Crippen molar-refractivity contribution in [3.05, 3.63) is 101 Å². The van der Waals surface area contributed by atoms with Gasteiger partial charge in [-0.2, -0.15) is 0 Å². The number of rotatable bonds is 6. The maximum Gasteiger partial charge on any atom is 0.226 e. The second-order valence-corrected chi connectivity index (χ2v) is 8.77. The van der Waals surface area contributed by atoms with E-state index in [0.717, 1.165) is 48.8 Å². The van der Waals surface area contributed by atoms with Crippen LogP contribution in [0.2, 0.25) is 5.02 Å². The molecule has 1 aromatic heterocycles. The topological polar surface area (TPSA) is 36.4 Å². The molecular formula is C26H27ClFN3O. The van der Waals surface area contributed by atoms with Gasteiger partial charge < -0.3 is 4.90 Å². The van der Waals surface area contributed by atoms with Crippen LogP contribution in [0.15, 0.2) is 72.9 Å². The first kappa shape index (κ1) is 22.4. The first-order valence-corrected chi connectivity index (χ1v) is 11.3. The molecule has 1 fully saturated rings. The highest BCUT2D eigenvalue weighted by Crippen LogP contribution is 2.30. The molecule has 4 nitrogen and oxygen atoms in total. The Balaban J connectivity index is 1.44. The van der Waals surface area contributed by atoms with Crippen molar-refractivity contribution in [3.63, 3.8) is 0 Å². The van der Waals surface area contributed by atoms with E-state index < -0.39 is 0 Å². The number of hydrogen-bond donors (Lipinski definition) is 0. The summed E-state index contributed by atoms with van der Waals surface area (Å²) in [5.74, 6) is -0.222. The number of hydrogen-bond acceptors (Lipinski definition) is 3. The number of carbonyl (C=O) groups excluding carboxylic acids is 1. The Kier molecular flexibility index (Phi) is 7.18. The molecule has 1 saturated heterocycles. The van der Waals surface area contributed by atoms with Crippen LogP contribution in [0.3, 0.4) is 0 Å². The fraction of sp³-hybridized carbons (Fsp3) is 0.308. The van der Waals surface area contributed by atoms with Gasteiger partial charge in [0.05, 0.1) is 11.7 Å². The van der Waals surface area contributed by atoms with Crippen molar-refractivity contribution in [2.24, 2.45) is 5.92 Å². The van der Waals surface area contributed by atoms with Gasteiger partial charge in [0.25, 0.3) is 0 Å². The summed E-state index contributed by atoms with van der Waals surface area (Å²) in [6, 6.07) is 19.6. The van der Waals surface area contributed by atoms with Crippen molar-refractivity contribution < 1.29 is 9.18 Å². The van der Waals surface area contributed by atoms with Crippen molar-refractivity contribution in [1.29, 1.82) is 0 Å². The number of aromatic nitrogens is 1. The van der Waals surface area contributed by atoms with Gasteiger partial charge in [0.2, 0.25) is 5.91 Å². The predicted molar refractivity (Wildman–Crippen MR) is 125 cm³/mol. The number of nitrogens with zero attached hydrogens (tertiary/aromatic N) is 3. The van der Waals surface area contributed by atoms with Gasteiger partial charge in [0.1, 0.15) is 5.82 Å². The molecule has 3 aromatic rings. The minimum absolute atomic E-state index is 0.0341. The molecule has 1 amide bonds. The number of benzene rings is 2. The standard InChI is InChI=1S/C26H27ClFN3O/c1-30(25(24-4-2-3-15-29-24)20-7-11-23(28)12-8-20)26(32)21-13-16-31(17-14-21)18-19-5-9-22(27)10-6-19/h2-12,15,21,25H,13-14,16-18H2,1H3. The molecule has 1 aliphatic rings. The second-order valence-electron chi connectivity index (χ2n) is 8.33. The van der Waals surface area contributed by atoms with Crippen LogP contribution in [0.1, 0.15) is 35.7 Å². The summed E-state index contributed by atoms with van der Waals surface area (Å²) in [6.45, 7) is 2.61. The largest absolute Gasteiger partial charge is 0.333 e. The summed E-state index contributed by atoms with van der Waals surface area (Å²) in [7, 11) is 1.82. The van der Waals surface area contributed by atoms with Crippen LogP contribution in [-0.2, 0) is 11.3 Å². The van der Waals surface area contributed by atoms with E-state index in [-0.39, 0.29) is 23.7 Å². The third-order valence-corrected chi connectivity index (χ3v) is 6.40. The number of pyridine rings is 1. The van der Waals surface area contributed by atoms with Gasteiger partial charge in [-0.3, -0.25) is 14.7 Å². The van der Waals surface area contributed by atoms with E-state index in [1.54, 1.807) is 23.2 Å². The molecule has 1 aliphatic heterocycles. The van der Waals surface area contributed by atoms with Gasteiger partial charge in [-0.1, -0.05) is 41.9 Å². The molecule has 1 unspecified atom stereocenters.